The Hall–Kier alpha value is -1.68. The summed E-state index contributed by atoms with van der Waals surface area (Å²) in [6.07, 6.45) is 2.09. The van der Waals surface area contributed by atoms with Crippen molar-refractivity contribution >= 4 is 0 Å². The molecule has 2 aliphatic heterocycles. The maximum atomic E-state index is 11.8. The lowest BCUT2D eigenvalue weighted by Crippen LogP contribution is -2.52. The van der Waals surface area contributed by atoms with Gasteiger partial charge in [0.1, 0.15) is 5.60 Å². The fourth-order valence-corrected chi connectivity index (χ4v) is 4.20. The second-order valence-electron chi connectivity index (χ2n) is 6.39. The molecule has 0 radical (unpaired) electrons. The van der Waals surface area contributed by atoms with E-state index >= 15 is 0 Å². The molecular formula is C19H21NO2. The predicted octanol–water partition coefficient (Wildman–Crippen LogP) is 2.43. The van der Waals surface area contributed by atoms with Gasteiger partial charge >= 0.3 is 0 Å². The minimum absolute atomic E-state index is 0.0328. The number of fused-ring (bicyclic) bond motifs is 2. The van der Waals surface area contributed by atoms with E-state index in [1.165, 1.54) is 0 Å². The first-order valence-electron chi connectivity index (χ1n) is 7.95. The minimum atomic E-state index is -1.11. The zero-order valence-electron chi connectivity index (χ0n) is 12.4. The third-order valence-electron chi connectivity index (χ3n) is 5.24. The van der Waals surface area contributed by atoms with E-state index in [0.29, 0.717) is 0 Å². The van der Waals surface area contributed by atoms with Crippen LogP contribution in [0.2, 0.25) is 0 Å². The number of benzene rings is 2. The molecule has 3 heteroatoms. The van der Waals surface area contributed by atoms with Crippen molar-refractivity contribution in [1.82, 2.24) is 0 Å². The van der Waals surface area contributed by atoms with Gasteiger partial charge in [-0.25, -0.2) is 0 Å². The van der Waals surface area contributed by atoms with Gasteiger partial charge < -0.3 is 15.6 Å². The summed E-state index contributed by atoms with van der Waals surface area (Å²) < 4.78 is 6.00. The summed E-state index contributed by atoms with van der Waals surface area (Å²) in [5, 5.41) is 11.8. The van der Waals surface area contributed by atoms with E-state index in [-0.39, 0.29) is 24.2 Å². The monoisotopic (exact) mass is 295 g/mol. The van der Waals surface area contributed by atoms with E-state index in [1.54, 1.807) is 0 Å². The summed E-state index contributed by atoms with van der Waals surface area (Å²) in [6.45, 7) is 0. The Labute approximate surface area is 130 Å². The lowest BCUT2D eigenvalue weighted by atomic mass is 9.68. The third-order valence-corrected chi connectivity index (χ3v) is 5.24. The molecule has 0 aliphatic carbocycles. The topological polar surface area (TPSA) is 55.5 Å². The molecule has 2 saturated heterocycles. The first kappa shape index (κ1) is 13.9. The normalized spacial score (nSPS) is 30.6. The zero-order chi connectivity index (χ0) is 15.2. The van der Waals surface area contributed by atoms with Crippen molar-refractivity contribution in [3.8, 4) is 0 Å². The highest BCUT2D eigenvalue weighted by Crippen LogP contribution is 2.49. The van der Waals surface area contributed by atoms with Crippen LogP contribution in [-0.4, -0.2) is 23.4 Å². The van der Waals surface area contributed by atoms with Gasteiger partial charge in [-0.1, -0.05) is 60.7 Å². The van der Waals surface area contributed by atoms with Crippen LogP contribution in [-0.2, 0) is 10.3 Å². The van der Waals surface area contributed by atoms with Crippen molar-refractivity contribution in [2.45, 2.75) is 36.7 Å². The second-order valence-corrected chi connectivity index (χ2v) is 6.39. The van der Waals surface area contributed by atoms with Crippen LogP contribution in [0.5, 0.6) is 0 Å². The van der Waals surface area contributed by atoms with Gasteiger partial charge in [-0.05, 0) is 24.0 Å². The average molecular weight is 295 g/mol. The highest BCUT2D eigenvalue weighted by atomic mass is 16.5. The van der Waals surface area contributed by atoms with Crippen LogP contribution in [0.15, 0.2) is 60.7 Å². The molecule has 114 valence electrons. The lowest BCUT2D eigenvalue weighted by Gasteiger charge is -2.41. The van der Waals surface area contributed by atoms with E-state index in [0.717, 1.165) is 24.0 Å². The Balaban J connectivity index is 1.86. The highest BCUT2D eigenvalue weighted by molar-refractivity contribution is 5.39. The predicted molar refractivity (Wildman–Crippen MR) is 85.2 cm³/mol. The molecule has 0 unspecified atom stereocenters. The molecule has 2 heterocycles. The van der Waals surface area contributed by atoms with Gasteiger partial charge in [0, 0.05) is 12.0 Å². The Bertz CT molecular complexity index is 601. The molecule has 0 aromatic heterocycles. The van der Waals surface area contributed by atoms with Crippen molar-refractivity contribution in [3.63, 3.8) is 0 Å². The molecular weight excluding hydrogens is 274 g/mol. The first-order valence-corrected chi connectivity index (χ1v) is 7.95. The van der Waals surface area contributed by atoms with Crippen LogP contribution in [0.4, 0.5) is 0 Å². The Morgan fingerprint density at radius 1 is 0.864 bits per heavy atom. The summed E-state index contributed by atoms with van der Waals surface area (Å²) in [5.74, 6) is -0.115. The van der Waals surface area contributed by atoms with Crippen molar-refractivity contribution in [1.29, 1.82) is 0 Å². The molecule has 2 aliphatic rings. The number of hydrogen-bond acceptors (Lipinski definition) is 3. The van der Waals surface area contributed by atoms with Gasteiger partial charge in [0.05, 0.1) is 12.2 Å². The highest BCUT2D eigenvalue weighted by Gasteiger charge is 2.57. The molecule has 4 atom stereocenters. The molecule has 0 spiro atoms. The quantitative estimate of drug-likeness (QED) is 0.914. The van der Waals surface area contributed by atoms with Gasteiger partial charge in [0.2, 0.25) is 0 Å². The van der Waals surface area contributed by atoms with Crippen LogP contribution < -0.4 is 5.73 Å². The number of rotatable bonds is 3. The van der Waals surface area contributed by atoms with E-state index in [1.807, 2.05) is 60.7 Å². The summed E-state index contributed by atoms with van der Waals surface area (Å²) in [6, 6.07) is 19.5. The van der Waals surface area contributed by atoms with Crippen molar-refractivity contribution < 1.29 is 9.84 Å². The standard InChI is InChI=1S/C19H21NO2/c20-18-16-12-11-15(22-16)17(18)19(21,13-7-3-1-4-8-13)14-9-5-2-6-10-14/h1-10,15-18,21H,11-12,20H2/t15-,16+,17-,18+/m1/s1. The van der Waals surface area contributed by atoms with Crippen LogP contribution in [0, 0.1) is 5.92 Å². The SMILES string of the molecule is N[C@@H]1[C@H](C(O)(c2ccccc2)c2ccccc2)[C@H]2CC[C@@H]1O2. The van der Waals surface area contributed by atoms with Gasteiger partial charge in [-0.3, -0.25) is 0 Å². The fourth-order valence-electron chi connectivity index (χ4n) is 4.20. The molecule has 4 rings (SSSR count). The number of ether oxygens (including phenoxy) is 1. The third kappa shape index (κ3) is 1.93. The maximum Gasteiger partial charge on any atom is 0.121 e. The van der Waals surface area contributed by atoms with Crippen molar-refractivity contribution in [3.05, 3.63) is 71.8 Å². The summed E-state index contributed by atoms with van der Waals surface area (Å²) >= 11 is 0. The van der Waals surface area contributed by atoms with Gasteiger partial charge in [-0.15, -0.1) is 0 Å². The molecule has 2 aromatic rings. The van der Waals surface area contributed by atoms with Crippen LogP contribution in [0.25, 0.3) is 0 Å². The molecule has 0 amide bonds. The summed E-state index contributed by atoms with van der Waals surface area (Å²) in [4.78, 5) is 0. The molecule has 0 saturated carbocycles. The van der Waals surface area contributed by atoms with E-state index in [2.05, 4.69) is 0 Å². The molecule has 3 nitrogen and oxygen atoms in total. The molecule has 2 bridgehead atoms. The Kier molecular flexibility index (Phi) is 3.30. The number of hydrogen-bond donors (Lipinski definition) is 2. The number of nitrogens with two attached hydrogens (primary N) is 1. The van der Waals surface area contributed by atoms with Crippen LogP contribution >= 0.6 is 0 Å². The Morgan fingerprint density at radius 2 is 1.36 bits per heavy atom. The fraction of sp³-hybridized carbons (Fsp3) is 0.368. The van der Waals surface area contributed by atoms with Gasteiger partial charge in [0.25, 0.3) is 0 Å². The smallest absolute Gasteiger partial charge is 0.121 e. The van der Waals surface area contributed by atoms with Gasteiger partial charge in [-0.2, -0.15) is 0 Å². The van der Waals surface area contributed by atoms with Crippen LogP contribution in [0.3, 0.4) is 0 Å². The van der Waals surface area contributed by atoms with Crippen molar-refractivity contribution in [2.75, 3.05) is 0 Å². The number of aliphatic hydroxyl groups is 1. The van der Waals surface area contributed by atoms with E-state index in [9.17, 15) is 5.11 Å². The maximum absolute atomic E-state index is 11.8. The lowest BCUT2D eigenvalue weighted by molar-refractivity contribution is -0.0221. The first-order chi connectivity index (χ1) is 10.7. The van der Waals surface area contributed by atoms with E-state index in [4.69, 9.17) is 10.5 Å². The summed E-state index contributed by atoms with van der Waals surface area (Å²) in [7, 11) is 0. The molecule has 2 aromatic carbocycles. The summed E-state index contributed by atoms with van der Waals surface area (Å²) in [5.41, 5.74) is 7.10. The molecule has 2 fully saturated rings. The van der Waals surface area contributed by atoms with E-state index < -0.39 is 5.60 Å². The molecule has 3 N–H and O–H groups in total. The average Bonchev–Trinajstić information content (AvgIpc) is 3.17. The minimum Gasteiger partial charge on any atom is -0.380 e. The van der Waals surface area contributed by atoms with Crippen LogP contribution in [0.1, 0.15) is 24.0 Å². The van der Waals surface area contributed by atoms with Gasteiger partial charge in [0.15, 0.2) is 0 Å². The largest absolute Gasteiger partial charge is 0.380 e. The second kappa shape index (κ2) is 5.20. The zero-order valence-corrected chi connectivity index (χ0v) is 12.4. The molecule has 22 heavy (non-hydrogen) atoms. The van der Waals surface area contributed by atoms with Crippen molar-refractivity contribution in [2.24, 2.45) is 11.7 Å². The Morgan fingerprint density at radius 3 is 1.82 bits per heavy atom.